The van der Waals surface area contributed by atoms with Gasteiger partial charge in [-0.15, -0.1) is 5.10 Å². The summed E-state index contributed by atoms with van der Waals surface area (Å²) in [5.41, 5.74) is 1.39. The predicted molar refractivity (Wildman–Crippen MR) is 108 cm³/mol. The van der Waals surface area contributed by atoms with E-state index >= 15 is 0 Å². The van der Waals surface area contributed by atoms with E-state index < -0.39 is 5.97 Å². The first-order valence-electron chi connectivity index (χ1n) is 8.03. The van der Waals surface area contributed by atoms with Gasteiger partial charge in [-0.1, -0.05) is 11.6 Å². The number of benzene rings is 2. The standard InChI is InChI=1S/C19H16ClN3O4S/c1-26-14-8-5-12(15(10-14)27-2)9-16(18(24)25)28-19-21-17(22-23-19)11-3-6-13(20)7-4-11/h3-10H,1-2H3,(H,24,25)(H,21,22,23)/b16-9-. The van der Waals surface area contributed by atoms with Crippen molar-refractivity contribution in [1.29, 1.82) is 0 Å². The molecule has 0 radical (unpaired) electrons. The van der Waals surface area contributed by atoms with E-state index in [1.807, 2.05) is 0 Å². The Morgan fingerprint density at radius 3 is 2.57 bits per heavy atom. The lowest BCUT2D eigenvalue weighted by Crippen LogP contribution is -1.98. The molecule has 144 valence electrons. The van der Waals surface area contributed by atoms with Gasteiger partial charge in [0.15, 0.2) is 5.82 Å². The molecular weight excluding hydrogens is 402 g/mol. The van der Waals surface area contributed by atoms with Gasteiger partial charge in [-0.2, -0.15) is 0 Å². The lowest BCUT2D eigenvalue weighted by molar-refractivity contribution is -0.131. The molecule has 0 saturated heterocycles. The number of carboxylic acid groups (broad SMARTS) is 1. The van der Waals surface area contributed by atoms with Crippen LogP contribution in [0.25, 0.3) is 17.5 Å². The minimum Gasteiger partial charge on any atom is -0.497 e. The minimum atomic E-state index is -1.10. The molecule has 2 N–H and O–H groups in total. The van der Waals surface area contributed by atoms with E-state index in [1.54, 1.807) is 49.6 Å². The Kier molecular flexibility index (Phi) is 6.23. The molecule has 0 fully saturated rings. The van der Waals surface area contributed by atoms with Crippen molar-refractivity contribution in [1.82, 2.24) is 15.2 Å². The Morgan fingerprint density at radius 1 is 1.18 bits per heavy atom. The number of aliphatic carboxylic acids is 1. The van der Waals surface area contributed by atoms with Crippen LogP contribution in [-0.4, -0.2) is 40.5 Å². The highest BCUT2D eigenvalue weighted by Gasteiger charge is 2.16. The van der Waals surface area contributed by atoms with Crippen molar-refractivity contribution in [2.24, 2.45) is 0 Å². The monoisotopic (exact) mass is 417 g/mol. The number of H-pyrrole nitrogens is 1. The molecule has 9 heteroatoms. The summed E-state index contributed by atoms with van der Waals surface area (Å²) in [6.45, 7) is 0. The van der Waals surface area contributed by atoms with Crippen LogP contribution >= 0.6 is 23.4 Å². The van der Waals surface area contributed by atoms with Crippen LogP contribution in [0.3, 0.4) is 0 Å². The molecule has 0 aliphatic carbocycles. The second kappa shape index (κ2) is 8.81. The Bertz CT molecular complexity index is 1020. The second-order valence-corrected chi connectivity index (χ2v) is 6.94. The molecule has 0 bridgehead atoms. The average molecular weight is 418 g/mol. The highest BCUT2D eigenvalue weighted by Crippen LogP contribution is 2.31. The van der Waals surface area contributed by atoms with E-state index in [0.717, 1.165) is 17.3 Å². The van der Waals surface area contributed by atoms with Gasteiger partial charge in [0, 0.05) is 22.2 Å². The van der Waals surface area contributed by atoms with E-state index in [4.69, 9.17) is 21.1 Å². The molecule has 0 aliphatic heterocycles. The SMILES string of the molecule is COc1ccc(/C=C(\Sc2n[nH]c(-c3ccc(Cl)cc3)n2)C(=O)O)c(OC)c1. The van der Waals surface area contributed by atoms with Crippen LogP contribution in [0, 0.1) is 0 Å². The summed E-state index contributed by atoms with van der Waals surface area (Å²) in [6, 6.07) is 12.2. The Morgan fingerprint density at radius 2 is 1.93 bits per heavy atom. The fourth-order valence-electron chi connectivity index (χ4n) is 2.34. The molecule has 3 rings (SSSR count). The number of methoxy groups -OCH3 is 2. The zero-order chi connectivity index (χ0) is 20.1. The lowest BCUT2D eigenvalue weighted by atomic mass is 10.1. The third kappa shape index (κ3) is 4.65. The van der Waals surface area contributed by atoms with Gasteiger partial charge in [0.05, 0.1) is 14.2 Å². The predicted octanol–water partition coefficient (Wildman–Crippen LogP) is 4.36. The summed E-state index contributed by atoms with van der Waals surface area (Å²) in [6.07, 6.45) is 1.50. The number of halogens is 1. The maximum atomic E-state index is 11.7. The molecular formula is C19H16ClN3O4S. The zero-order valence-electron chi connectivity index (χ0n) is 15.0. The molecule has 1 aromatic heterocycles. The molecule has 0 unspecified atom stereocenters. The largest absolute Gasteiger partial charge is 0.497 e. The molecule has 2 aromatic carbocycles. The van der Waals surface area contributed by atoms with Crippen molar-refractivity contribution < 1.29 is 19.4 Å². The van der Waals surface area contributed by atoms with Gasteiger partial charge in [0.1, 0.15) is 16.4 Å². The Balaban J connectivity index is 1.87. The molecule has 1 heterocycles. The summed E-state index contributed by atoms with van der Waals surface area (Å²) in [5.74, 6) is 0.530. The van der Waals surface area contributed by atoms with Crippen LogP contribution in [-0.2, 0) is 4.79 Å². The van der Waals surface area contributed by atoms with Crippen LogP contribution in [0.15, 0.2) is 52.5 Å². The van der Waals surface area contributed by atoms with Crippen molar-refractivity contribution in [3.05, 3.63) is 58.0 Å². The molecule has 28 heavy (non-hydrogen) atoms. The number of aromatic amines is 1. The number of rotatable bonds is 7. The van der Waals surface area contributed by atoms with Crippen LogP contribution in [0.4, 0.5) is 0 Å². The maximum Gasteiger partial charge on any atom is 0.342 e. The quantitative estimate of drug-likeness (QED) is 0.435. The number of nitrogens with one attached hydrogen (secondary N) is 1. The lowest BCUT2D eigenvalue weighted by Gasteiger charge is -2.08. The number of carbonyl (C=O) groups is 1. The molecule has 3 aromatic rings. The molecule has 7 nitrogen and oxygen atoms in total. The van der Waals surface area contributed by atoms with Gasteiger partial charge in [-0.25, -0.2) is 9.78 Å². The van der Waals surface area contributed by atoms with Crippen LogP contribution < -0.4 is 9.47 Å². The number of aromatic nitrogens is 3. The first-order chi connectivity index (χ1) is 13.5. The van der Waals surface area contributed by atoms with Crippen molar-refractivity contribution in [3.63, 3.8) is 0 Å². The Hall–Kier alpha value is -2.97. The van der Waals surface area contributed by atoms with Crippen molar-refractivity contribution in [3.8, 4) is 22.9 Å². The van der Waals surface area contributed by atoms with Crippen LogP contribution in [0.1, 0.15) is 5.56 Å². The Labute approximate surface area is 170 Å². The first kappa shape index (κ1) is 19.8. The van der Waals surface area contributed by atoms with Gasteiger partial charge in [-0.05, 0) is 54.2 Å². The number of nitrogens with zero attached hydrogens (tertiary/aromatic N) is 2. The smallest absolute Gasteiger partial charge is 0.342 e. The highest BCUT2D eigenvalue weighted by atomic mass is 35.5. The van der Waals surface area contributed by atoms with Gasteiger partial charge < -0.3 is 14.6 Å². The van der Waals surface area contributed by atoms with E-state index in [0.29, 0.717) is 27.9 Å². The van der Waals surface area contributed by atoms with E-state index in [1.165, 1.54) is 13.2 Å². The number of hydrogen-bond donors (Lipinski definition) is 2. The first-order valence-corrected chi connectivity index (χ1v) is 9.23. The van der Waals surface area contributed by atoms with Crippen LogP contribution in [0.5, 0.6) is 11.5 Å². The van der Waals surface area contributed by atoms with E-state index in [-0.39, 0.29) is 10.1 Å². The number of hydrogen-bond acceptors (Lipinski definition) is 6. The molecule has 0 saturated carbocycles. The fourth-order valence-corrected chi connectivity index (χ4v) is 3.17. The van der Waals surface area contributed by atoms with Crippen molar-refractivity contribution in [2.45, 2.75) is 5.16 Å². The topological polar surface area (TPSA) is 97.3 Å². The summed E-state index contributed by atoms with van der Waals surface area (Å²) < 4.78 is 10.5. The normalized spacial score (nSPS) is 11.3. The summed E-state index contributed by atoms with van der Waals surface area (Å²) in [4.78, 5) is 16.1. The summed E-state index contributed by atoms with van der Waals surface area (Å²) in [5, 5.41) is 17.4. The third-order valence-electron chi connectivity index (χ3n) is 3.72. The molecule has 0 amide bonds. The van der Waals surface area contributed by atoms with E-state index in [2.05, 4.69) is 15.2 Å². The molecule has 0 spiro atoms. The second-order valence-electron chi connectivity index (χ2n) is 5.50. The number of ether oxygens (including phenoxy) is 2. The fraction of sp³-hybridized carbons (Fsp3) is 0.105. The van der Waals surface area contributed by atoms with Gasteiger partial charge >= 0.3 is 5.97 Å². The zero-order valence-corrected chi connectivity index (χ0v) is 16.5. The minimum absolute atomic E-state index is 0.0464. The number of thioether (sulfide) groups is 1. The van der Waals surface area contributed by atoms with Crippen LogP contribution in [0.2, 0.25) is 5.02 Å². The van der Waals surface area contributed by atoms with E-state index in [9.17, 15) is 9.90 Å². The maximum absolute atomic E-state index is 11.7. The average Bonchev–Trinajstić information content (AvgIpc) is 3.16. The highest BCUT2D eigenvalue weighted by molar-refractivity contribution is 8.04. The van der Waals surface area contributed by atoms with Crippen molar-refractivity contribution >= 4 is 35.4 Å². The molecule has 0 aliphatic rings. The third-order valence-corrected chi connectivity index (χ3v) is 4.85. The van der Waals surface area contributed by atoms with Gasteiger partial charge in [0.25, 0.3) is 0 Å². The summed E-state index contributed by atoms with van der Waals surface area (Å²) >= 11 is 6.82. The van der Waals surface area contributed by atoms with Gasteiger partial charge in [-0.3, -0.25) is 5.10 Å². The molecule has 0 atom stereocenters. The van der Waals surface area contributed by atoms with Crippen molar-refractivity contribution in [2.75, 3.05) is 14.2 Å². The van der Waals surface area contributed by atoms with Gasteiger partial charge in [0.2, 0.25) is 5.16 Å². The number of carboxylic acids is 1. The summed E-state index contributed by atoms with van der Waals surface area (Å²) in [7, 11) is 3.05.